The standard InChI is InChI=1S/C26H25N3O4/c1-3-13-33-20-12-11-18(15-21(20)31-2)25-22-23(17-8-5-4-6-9-17)27-28-24(22)26(30)29(25)16-19-10-7-14-32-19/h4-12,14-15,25H,3,13,16H2,1-2H3,(H,27,28). The summed E-state index contributed by atoms with van der Waals surface area (Å²) >= 11 is 0. The molecule has 4 aromatic rings. The SMILES string of the molecule is CCCOc1ccc(C2c3c(-c4ccccc4)n[nH]c3C(=O)N2Cc2ccco2)cc1OC. The summed E-state index contributed by atoms with van der Waals surface area (Å²) in [6.45, 7) is 3.00. The number of amides is 1. The Kier molecular flexibility index (Phi) is 5.60. The van der Waals surface area contributed by atoms with Crippen LogP contribution in [0.2, 0.25) is 0 Å². The first kappa shape index (κ1) is 20.9. The number of fused-ring (bicyclic) bond motifs is 1. The van der Waals surface area contributed by atoms with Gasteiger partial charge in [0.1, 0.15) is 11.5 Å². The number of carbonyl (C=O) groups excluding carboxylic acids is 1. The van der Waals surface area contributed by atoms with E-state index in [1.54, 1.807) is 18.3 Å². The molecule has 1 amide bonds. The van der Waals surface area contributed by atoms with Gasteiger partial charge >= 0.3 is 0 Å². The van der Waals surface area contributed by atoms with Crippen LogP contribution >= 0.6 is 0 Å². The maximum Gasteiger partial charge on any atom is 0.273 e. The molecule has 0 saturated carbocycles. The Morgan fingerprint density at radius 1 is 1.09 bits per heavy atom. The predicted octanol–water partition coefficient (Wildman–Crippen LogP) is 5.21. The number of rotatable bonds is 8. The maximum absolute atomic E-state index is 13.5. The fraction of sp³-hybridized carbons (Fsp3) is 0.231. The molecule has 0 radical (unpaired) electrons. The first-order valence-electron chi connectivity index (χ1n) is 11.0. The fourth-order valence-corrected chi connectivity index (χ4v) is 4.28. The Morgan fingerprint density at radius 3 is 2.67 bits per heavy atom. The Bertz CT molecular complexity index is 1250. The number of hydrogen-bond donors (Lipinski definition) is 1. The van der Waals surface area contributed by atoms with E-state index in [-0.39, 0.29) is 11.9 Å². The van der Waals surface area contributed by atoms with Crippen molar-refractivity contribution in [1.29, 1.82) is 0 Å². The first-order chi connectivity index (χ1) is 16.2. The van der Waals surface area contributed by atoms with Crippen LogP contribution in [0.5, 0.6) is 11.5 Å². The lowest BCUT2D eigenvalue weighted by molar-refractivity contribution is 0.0716. The van der Waals surface area contributed by atoms with Gasteiger partial charge in [0.05, 0.1) is 38.3 Å². The van der Waals surface area contributed by atoms with Gasteiger partial charge in [-0.2, -0.15) is 5.10 Å². The molecule has 0 saturated heterocycles. The monoisotopic (exact) mass is 443 g/mol. The molecule has 1 atom stereocenters. The molecule has 2 aromatic heterocycles. The summed E-state index contributed by atoms with van der Waals surface area (Å²) in [6.07, 6.45) is 2.52. The molecule has 3 heterocycles. The summed E-state index contributed by atoms with van der Waals surface area (Å²) in [4.78, 5) is 15.3. The number of ether oxygens (including phenoxy) is 2. The minimum absolute atomic E-state index is 0.119. The summed E-state index contributed by atoms with van der Waals surface area (Å²) in [5.41, 5.74) is 3.96. The van der Waals surface area contributed by atoms with Gasteiger partial charge in [0.2, 0.25) is 0 Å². The molecular weight excluding hydrogens is 418 g/mol. The van der Waals surface area contributed by atoms with E-state index < -0.39 is 0 Å². The van der Waals surface area contributed by atoms with E-state index in [0.717, 1.165) is 28.8 Å². The molecule has 5 rings (SSSR count). The minimum Gasteiger partial charge on any atom is -0.493 e. The lowest BCUT2D eigenvalue weighted by Crippen LogP contribution is -2.29. The number of nitrogens with one attached hydrogen (secondary N) is 1. The van der Waals surface area contributed by atoms with E-state index >= 15 is 0 Å². The van der Waals surface area contributed by atoms with Crippen molar-refractivity contribution in [3.63, 3.8) is 0 Å². The quantitative estimate of drug-likeness (QED) is 0.404. The van der Waals surface area contributed by atoms with Crippen LogP contribution in [0.4, 0.5) is 0 Å². The second kappa shape index (κ2) is 8.86. The number of benzene rings is 2. The van der Waals surface area contributed by atoms with Gasteiger partial charge < -0.3 is 18.8 Å². The summed E-state index contributed by atoms with van der Waals surface area (Å²) in [5.74, 6) is 1.90. The lowest BCUT2D eigenvalue weighted by atomic mass is 9.95. The van der Waals surface area contributed by atoms with Crippen LogP contribution < -0.4 is 9.47 Å². The molecule has 1 aliphatic rings. The third-order valence-electron chi connectivity index (χ3n) is 5.78. The van der Waals surface area contributed by atoms with Gasteiger partial charge in [0.15, 0.2) is 11.5 Å². The Hall–Kier alpha value is -4.00. The van der Waals surface area contributed by atoms with Crippen LogP contribution in [0.25, 0.3) is 11.3 Å². The van der Waals surface area contributed by atoms with Crippen LogP contribution in [0.3, 0.4) is 0 Å². The van der Waals surface area contributed by atoms with Crippen LogP contribution in [-0.4, -0.2) is 34.7 Å². The number of aromatic nitrogens is 2. The maximum atomic E-state index is 13.5. The molecule has 1 N–H and O–H groups in total. The second-order valence-corrected chi connectivity index (χ2v) is 7.90. The van der Waals surface area contributed by atoms with Crippen molar-refractivity contribution in [2.24, 2.45) is 0 Å². The van der Waals surface area contributed by atoms with Gasteiger partial charge in [-0.05, 0) is 36.2 Å². The van der Waals surface area contributed by atoms with Crippen molar-refractivity contribution in [1.82, 2.24) is 15.1 Å². The largest absolute Gasteiger partial charge is 0.493 e. The molecule has 7 heteroatoms. The van der Waals surface area contributed by atoms with Crippen molar-refractivity contribution in [2.45, 2.75) is 25.9 Å². The number of furan rings is 1. The van der Waals surface area contributed by atoms with Gasteiger partial charge in [0.25, 0.3) is 5.91 Å². The number of H-pyrrole nitrogens is 1. The lowest BCUT2D eigenvalue weighted by Gasteiger charge is -2.26. The van der Waals surface area contributed by atoms with Gasteiger partial charge in [-0.3, -0.25) is 9.89 Å². The normalized spacial score (nSPS) is 15.0. The molecule has 1 unspecified atom stereocenters. The smallest absolute Gasteiger partial charge is 0.273 e. The summed E-state index contributed by atoms with van der Waals surface area (Å²) in [7, 11) is 1.62. The Morgan fingerprint density at radius 2 is 1.94 bits per heavy atom. The van der Waals surface area contributed by atoms with Gasteiger partial charge in [0, 0.05) is 11.1 Å². The third-order valence-corrected chi connectivity index (χ3v) is 5.78. The topological polar surface area (TPSA) is 80.6 Å². The zero-order valence-electron chi connectivity index (χ0n) is 18.6. The number of methoxy groups -OCH3 is 1. The summed E-state index contributed by atoms with van der Waals surface area (Å²) in [6, 6.07) is 19.0. The van der Waals surface area contributed by atoms with Crippen LogP contribution in [-0.2, 0) is 6.54 Å². The average molecular weight is 444 g/mol. The molecule has 33 heavy (non-hydrogen) atoms. The van der Waals surface area contributed by atoms with E-state index in [4.69, 9.17) is 13.9 Å². The Labute approximate surface area is 191 Å². The Balaban J connectivity index is 1.63. The summed E-state index contributed by atoms with van der Waals surface area (Å²) < 4.78 is 17.0. The molecule has 2 aromatic carbocycles. The van der Waals surface area contributed by atoms with Crippen LogP contribution in [0.1, 0.15) is 46.8 Å². The van der Waals surface area contributed by atoms with Gasteiger partial charge in [-0.15, -0.1) is 0 Å². The highest BCUT2D eigenvalue weighted by atomic mass is 16.5. The van der Waals surface area contributed by atoms with E-state index in [1.807, 2.05) is 60.7 Å². The van der Waals surface area contributed by atoms with E-state index in [0.29, 0.717) is 36.1 Å². The molecular formula is C26H25N3O4. The molecule has 7 nitrogen and oxygen atoms in total. The molecule has 0 bridgehead atoms. The molecule has 0 spiro atoms. The van der Waals surface area contributed by atoms with Crippen LogP contribution in [0, 0.1) is 0 Å². The van der Waals surface area contributed by atoms with Crippen molar-refractivity contribution >= 4 is 5.91 Å². The zero-order valence-corrected chi connectivity index (χ0v) is 18.6. The molecule has 0 fully saturated rings. The third kappa shape index (κ3) is 3.75. The predicted molar refractivity (Wildman–Crippen MR) is 123 cm³/mol. The highest BCUT2D eigenvalue weighted by Crippen LogP contribution is 2.45. The molecule has 0 aliphatic carbocycles. The van der Waals surface area contributed by atoms with Crippen LogP contribution in [0.15, 0.2) is 71.3 Å². The number of hydrogen-bond acceptors (Lipinski definition) is 5. The minimum atomic E-state index is -0.360. The van der Waals surface area contributed by atoms with Crippen molar-refractivity contribution < 1.29 is 18.7 Å². The van der Waals surface area contributed by atoms with Gasteiger partial charge in [-0.25, -0.2) is 0 Å². The molecule has 1 aliphatic heterocycles. The fourth-order valence-electron chi connectivity index (χ4n) is 4.28. The zero-order chi connectivity index (χ0) is 22.8. The number of aromatic amines is 1. The molecule has 168 valence electrons. The average Bonchev–Trinajstić information content (AvgIpc) is 3.58. The van der Waals surface area contributed by atoms with E-state index in [1.165, 1.54) is 0 Å². The van der Waals surface area contributed by atoms with Crippen molar-refractivity contribution in [3.05, 3.63) is 89.5 Å². The highest BCUT2D eigenvalue weighted by Gasteiger charge is 2.42. The number of carbonyl (C=O) groups is 1. The van der Waals surface area contributed by atoms with E-state index in [2.05, 4.69) is 17.1 Å². The first-order valence-corrected chi connectivity index (χ1v) is 11.0. The summed E-state index contributed by atoms with van der Waals surface area (Å²) in [5, 5.41) is 7.50. The van der Waals surface area contributed by atoms with Crippen molar-refractivity contribution in [3.8, 4) is 22.8 Å². The second-order valence-electron chi connectivity index (χ2n) is 7.90. The number of nitrogens with zero attached hydrogens (tertiary/aromatic N) is 2. The van der Waals surface area contributed by atoms with E-state index in [9.17, 15) is 4.79 Å². The highest BCUT2D eigenvalue weighted by molar-refractivity contribution is 6.00. The van der Waals surface area contributed by atoms with Crippen molar-refractivity contribution in [2.75, 3.05) is 13.7 Å². The van der Waals surface area contributed by atoms with Gasteiger partial charge in [-0.1, -0.05) is 43.3 Å².